The first-order valence-electron chi connectivity index (χ1n) is 7.24. The Morgan fingerprint density at radius 3 is 2.67 bits per heavy atom. The monoisotopic (exact) mass is 289 g/mol. The Labute approximate surface area is 126 Å². The molecule has 1 aliphatic rings. The molecule has 1 amide bonds. The molecule has 1 aliphatic heterocycles. The van der Waals surface area contributed by atoms with Gasteiger partial charge in [-0.2, -0.15) is 5.06 Å². The molecule has 0 bridgehead atoms. The summed E-state index contributed by atoms with van der Waals surface area (Å²) in [7, 11) is 0. The average Bonchev–Trinajstić information content (AvgIpc) is 2.81. The number of amides is 1. The molecule has 1 saturated heterocycles. The van der Waals surface area contributed by atoms with E-state index in [0.29, 0.717) is 0 Å². The number of hydrogen-bond acceptors (Lipinski definition) is 3. The topological polar surface area (TPSA) is 38.8 Å². The third-order valence-corrected chi connectivity index (χ3v) is 3.22. The molecule has 0 aromatic heterocycles. The highest BCUT2D eigenvalue weighted by molar-refractivity contribution is 5.67. The lowest BCUT2D eigenvalue weighted by Gasteiger charge is -2.26. The molecular formula is C17H23NO3. The smallest absolute Gasteiger partial charge is 0.435 e. The minimum Gasteiger partial charge on any atom is -0.442 e. The van der Waals surface area contributed by atoms with Crippen molar-refractivity contribution < 1.29 is 14.4 Å². The third kappa shape index (κ3) is 4.33. The van der Waals surface area contributed by atoms with Crippen molar-refractivity contribution in [1.82, 2.24) is 5.06 Å². The Bertz CT molecular complexity index is 493. The molecule has 21 heavy (non-hydrogen) atoms. The van der Waals surface area contributed by atoms with E-state index in [4.69, 9.17) is 9.57 Å². The second kappa shape index (κ2) is 6.31. The van der Waals surface area contributed by atoms with E-state index in [0.717, 1.165) is 12.8 Å². The van der Waals surface area contributed by atoms with Crippen molar-refractivity contribution in [3.05, 3.63) is 48.6 Å². The summed E-state index contributed by atoms with van der Waals surface area (Å²) in [6.45, 7) is 9.30. The Kier molecular flexibility index (Phi) is 4.68. The summed E-state index contributed by atoms with van der Waals surface area (Å²) in [5, 5.41) is 1.31. The zero-order chi connectivity index (χ0) is 15.5. The van der Waals surface area contributed by atoms with E-state index < -0.39 is 11.7 Å². The maximum atomic E-state index is 12.2. The highest BCUT2D eigenvalue weighted by Gasteiger charge is 2.37. The zero-order valence-electron chi connectivity index (χ0n) is 12.9. The summed E-state index contributed by atoms with van der Waals surface area (Å²) in [6.07, 6.45) is 2.74. The van der Waals surface area contributed by atoms with Gasteiger partial charge in [0.1, 0.15) is 5.60 Å². The summed E-state index contributed by atoms with van der Waals surface area (Å²) >= 11 is 0. The lowest BCUT2D eigenvalue weighted by atomic mass is 10.0. The van der Waals surface area contributed by atoms with Gasteiger partial charge in [0.05, 0.1) is 12.1 Å². The normalized spacial score (nSPS) is 22.1. The molecule has 2 atom stereocenters. The lowest BCUT2D eigenvalue weighted by molar-refractivity contribution is -0.144. The molecule has 0 radical (unpaired) electrons. The predicted octanol–water partition coefficient (Wildman–Crippen LogP) is 3.72. The molecule has 2 rings (SSSR count). The molecule has 1 aromatic rings. The average molecular weight is 289 g/mol. The second-order valence-electron chi connectivity index (χ2n) is 6.26. The van der Waals surface area contributed by atoms with E-state index >= 15 is 0 Å². The number of carbonyl (C=O) groups excluding carboxylic acids is 1. The predicted molar refractivity (Wildman–Crippen MR) is 81.7 cm³/mol. The van der Waals surface area contributed by atoms with Gasteiger partial charge >= 0.3 is 6.09 Å². The van der Waals surface area contributed by atoms with Crippen molar-refractivity contribution >= 4 is 6.09 Å². The van der Waals surface area contributed by atoms with E-state index in [1.54, 1.807) is 6.08 Å². The van der Waals surface area contributed by atoms with E-state index in [1.807, 2.05) is 39.0 Å². The van der Waals surface area contributed by atoms with Crippen LogP contribution in [0.1, 0.15) is 32.8 Å². The van der Waals surface area contributed by atoms with Gasteiger partial charge in [0.15, 0.2) is 0 Å². The van der Waals surface area contributed by atoms with Crippen LogP contribution in [0.5, 0.6) is 0 Å². The van der Waals surface area contributed by atoms with E-state index in [2.05, 4.69) is 18.7 Å². The van der Waals surface area contributed by atoms with Crippen LogP contribution >= 0.6 is 0 Å². The fraction of sp³-hybridized carbons (Fsp3) is 0.471. The second-order valence-corrected chi connectivity index (χ2v) is 6.26. The van der Waals surface area contributed by atoms with E-state index in [9.17, 15) is 4.79 Å². The molecule has 0 spiro atoms. The van der Waals surface area contributed by atoms with Crippen LogP contribution in [0.15, 0.2) is 43.0 Å². The molecule has 0 saturated carbocycles. The van der Waals surface area contributed by atoms with E-state index in [-0.39, 0.29) is 12.1 Å². The molecule has 114 valence electrons. The first kappa shape index (κ1) is 15.6. The van der Waals surface area contributed by atoms with Crippen molar-refractivity contribution in [2.45, 2.75) is 51.4 Å². The molecule has 1 heterocycles. The fourth-order valence-electron chi connectivity index (χ4n) is 2.32. The van der Waals surface area contributed by atoms with Crippen LogP contribution in [-0.4, -0.2) is 28.9 Å². The first-order chi connectivity index (χ1) is 9.89. The summed E-state index contributed by atoms with van der Waals surface area (Å²) in [4.78, 5) is 17.9. The van der Waals surface area contributed by atoms with Gasteiger partial charge in [0.25, 0.3) is 0 Å². The Balaban J connectivity index is 2.00. The number of ether oxygens (including phenoxy) is 1. The largest absolute Gasteiger partial charge is 0.442 e. The molecule has 0 aliphatic carbocycles. The first-order valence-corrected chi connectivity index (χ1v) is 7.24. The zero-order valence-corrected chi connectivity index (χ0v) is 12.9. The van der Waals surface area contributed by atoms with Crippen molar-refractivity contribution in [3.63, 3.8) is 0 Å². The number of hydroxylamine groups is 2. The van der Waals surface area contributed by atoms with Crippen LogP contribution < -0.4 is 0 Å². The third-order valence-electron chi connectivity index (χ3n) is 3.22. The molecule has 0 unspecified atom stereocenters. The molecule has 1 fully saturated rings. The Hall–Kier alpha value is -1.81. The van der Waals surface area contributed by atoms with Crippen LogP contribution in [-0.2, 0) is 16.0 Å². The van der Waals surface area contributed by atoms with Crippen molar-refractivity contribution in [1.29, 1.82) is 0 Å². The molecule has 1 aromatic carbocycles. The van der Waals surface area contributed by atoms with Gasteiger partial charge in [-0.15, -0.1) is 6.58 Å². The highest BCUT2D eigenvalue weighted by atomic mass is 16.7. The lowest BCUT2D eigenvalue weighted by Crippen LogP contribution is -2.38. The fourth-order valence-corrected chi connectivity index (χ4v) is 2.32. The van der Waals surface area contributed by atoms with Gasteiger partial charge in [-0.1, -0.05) is 36.4 Å². The van der Waals surface area contributed by atoms with Crippen molar-refractivity contribution in [3.8, 4) is 0 Å². The maximum Gasteiger partial charge on any atom is 0.435 e. The summed E-state index contributed by atoms with van der Waals surface area (Å²) < 4.78 is 5.37. The van der Waals surface area contributed by atoms with Crippen molar-refractivity contribution in [2.24, 2.45) is 0 Å². The van der Waals surface area contributed by atoms with Gasteiger partial charge in [-0.05, 0) is 26.3 Å². The minimum absolute atomic E-state index is 0.0390. The molecule has 4 heteroatoms. The number of hydrogen-bond donors (Lipinski definition) is 0. The van der Waals surface area contributed by atoms with Crippen LogP contribution in [0.3, 0.4) is 0 Å². The molecular weight excluding hydrogens is 266 g/mol. The van der Waals surface area contributed by atoms with E-state index in [1.165, 1.54) is 10.6 Å². The summed E-state index contributed by atoms with van der Waals surface area (Å²) in [6, 6.07) is 9.96. The molecule has 0 N–H and O–H groups in total. The van der Waals surface area contributed by atoms with Crippen LogP contribution in [0.4, 0.5) is 4.79 Å². The quantitative estimate of drug-likeness (QED) is 0.796. The summed E-state index contributed by atoms with van der Waals surface area (Å²) in [5.41, 5.74) is 0.653. The molecule has 4 nitrogen and oxygen atoms in total. The van der Waals surface area contributed by atoms with Crippen molar-refractivity contribution in [2.75, 3.05) is 0 Å². The number of carbonyl (C=O) groups is 1. The summed E-state index contributed by atoms with van der Waals surface area (Å²) in [5.74, 6) is 0. The number of rotatable bonds is 3. The van der Waals surface area contributed by atoms with Crippen LogP contribution in [0.2, 0.25) is 0 Å². The Morgan fingerprint density at radius 2 is 2.10 bits per heavy atom. The van der Waals surface area contributed by atoms with Crippen LogP contribution in [0, 0.1) is 0 Å². The van der Waals surface area contributed by atoms with Gasteiger partial charge in [-0.25, -0.2) is 4.79 Å². The van der Waals surface area contributed by atoms with Crippen LogP contribution in [0.25, 0.3) is 0 Å². The highest BCUT2D eigenvalue weighted by Crippen LogP contribution is 2.26. The van der Waals surface area contributed by atoms with Gasteiger partial charge in [-0.3, -0.25) is 4.84 Å². The SMILES string of the molecule is C=C[C@H]1C[C@@H](Cc2ccccc2)ON1C(=O)OC(C)(C)C. The van der Waals surface area contributed by atoms with Gasteiger partial charge < -0.3 is 4.74 Å². The van der Waals surface area contributed by atoms with Gasteiger partial charge in [0.2, 0.25) is 0 Å². The minimum atomic E-state index is -0.538. The Morgan fingerprint density at radius 1 is 1.43 bits per heavy atom. The number of nitrogens with zero attached hydrogens (tertiary/aromatic N) is 1. The number of benzene rings is 1. The van der Waals surface area contributed by atoms with Gasteiger partial charge in [0, 0.05) is 12.8 Å². The standard InChI is InChI=1S/C17H23NO3/c1-5-14-12-15(11-13-9-7-6-8-10-13)21-18(14)16(19)20-17(2,3)4/h5-10,14-15H,1,11-12H2,2-4H3/t14-,15+/m0/s1. The maximum absolute atomic E-state index is 12.2.